The van der Waals surface area contributed by atoms with Gasteiger partial charge in [-0.05, 0) is 20.3 Å². The average molecular weight is 318 g/mol. The lowest BCUT2D eigenvalue weighted by Gasteiger charge is -2.26. The van der Waals surface area contributed by atoms with Crippen LogP contribution in [-0.2, 0) is 20.7 Å². The molecular weight excluding hydrogens is 300 g/mol. The molecule has 0 N–H and O–H groups in total. The summed E-state index contributed by atoms with van der Waals surface area (Å²) in [5.74, 6) is -1.22. The Morgan fingerprint density at radius 2 is 2.04 bits per heavy atom. The fourth-order valence-corrected chi connectivity index (χ4v) is 2.16. The van der Waals surface area contributed by atoms with Gasteiger partial charge in [0.25, 0.3) is 11.8 Å². The lowest BCUT2D eigenvalue weighted by molar-refractivity contribution is -0.137. The van der Waals surface area contributed by atoms with Gasteiger partial charge < -0.3 is 4.74 Å². The molecule has 1 aliphatic rings. The van der Waals surface area contributed by atoms with Crippen molar-refractivity contribution in [2.24, 2.45) is 0 Å². The zero-order valence-corrected chi connectivity index (χ0v) is 13.5. The Morgan fingerprint density at radius 3 is 2.57 bits per heavy atom. The maximum absolute atomic E-state index is 12.0. The molecule has 2 heterocycles. The SMILES string of the molecule is CCOC(=O)c1cnc(N(C)N2C(=O)C=C(C)C2=O)nc1CC. The maximum Gasteiger partial charge on any atom is 0.341 e. The number of hydrazine groups is 1. The molecule has 122 valence electrons. The van der Waals surface area contributed by atoms with Crippen molar-refractivity contribution in [1.82, 2.24) is 15.0 Å². The zero-order chi connectivity index (χ0) is 17.1. The second kappa shape index (κ2) is 6.55. The Morgan fingerprint density at radius 1 is 1.35 bits per heavy atom. The molecule has 8 heteroatoms. The molecule has 0 saturated carbocycles. The van der Waals surface area contributed by atoms with Gasteiger partial charge in [-0.1, -0.05) is 6.92 Å². The number of amides is 2. The van der Waals surface area contributed by atoms with Crippen molar-refractivity contribution in [3.63, 3.8) is 0 Å². The Bertz CT molecular complexity index is 699. The first kappa shape index (κ1) is 16.6. The number of hydrogen-bond donors (Lipinski definition) is 0. The number of aromatic nitrogens is 2. The highest BCUT2D eigenvalue weighted by atomic mass is 16.5. The fourth-order valence-electron chi connectivity index (χ4n) is 2.16. The summed E-state index contributed by atoms with van der Waals surface area (Å²) in [7, 11) is 1.51. The Hall–Kier alpha value is -2.77. The molecule has 1 aliphatic heterocycles. The van der Waals surface area contributed by atoms with Crippen LogP contribution in [0.5, 0.6) is 0 Å². The van der Waals surface area contributed by atoms with Gasteiger partial charge in [0.15, 0.2) is 0 Å². The predicted octanol–water partition coefficient (Wildman–Crippen LogP) is 0.882. The van der Waals surface area contributed by atoms with E-state index in [0.29, 0.717) is 17.7 Å². The van der Waals surface area contributed by atoms with Crippen LogP contribution in [-0.4, -0.2) is 46.4 Å². The summed E-state index contributed by atoms with van der Waals surface area (Å²) in [6, 6.07) is 0. The van der Waals surface area contributed by atoms with Crippen LogP contribution >= 0.6 is 0 Å². The van der Waals surface area contributed by atoms with E-state index < -0.39 is 17.8 Å². The highest BCUT2D eigenvalue weighted by molar-refractivity contribution is 6.16. The van der Waals surface area contributed by atoms with Crippen LogP contribution in [0.4, 0.5) is 5.95 Å². The lowest BCUT2D eigenvalue weighted by Crippen LogP contribution is -2.45. The van der Waals surface area contributed by atoms with Gasteiger partial charge in [0.05, 0.1) is 17.9 Å². The van der Waals surface area contributed by atoms with Gasteiger partial charge in [-0.15, -0.1) is 0 Å². The van der Waals surface area contributed by atoms with E-state index in [2.05, 4.69) is 9.97 Å². The van der Waals surface area contributed by atoms with E-state index >= 15 is 0 Å². The number of ether oxygens (including phenoxy) is 1. The quantitative estimate of drug-likeness (QED) is 0.587. The second-order valence-electron chi connectivity index (χ2n) is 4.91. The number of imide groups is 1. The minimum atomic E-state index is -0.496. The molecule has 0 aliphatic carbocycles. The van der Waals surface area contributed by atoms with Crippen molar-refractivity contribution < 1.29 is 19.1 Å². The molecule has 2 amide bonds. The highest BCUT2D eigenvalue weighted by Crippen LogP contribution is 2.19. The number of carbonyl (C=O) groups excluding carboxylic acids is 3. The topological polar surface area (TPSA) is 92.7 Å². The summed E-state index contributed by atoms with van der Waals surface area (Å²) in [6.45, 7) is 5.38. The minimum Gasteiger partial charge on any atom is -0.462 e. The molecule has 0 bridgehead atoms. The molecule has 2 rings (SSSR count). The summed E-state index contributed by atoms with van der Waals surface area (Å²) in [5.41, 5.74) is 1.12. The number of aryl methyl sites for hydroxylation is 1. The van der Waals surface area contributed by atoms with Gasteiger partial charge in [0.1, 0.15) is 0 Å². The van der Waals surface area contributed by atoms with Crippen LogP contribution in [0.1, 0.15) is 36.8 Å². The normalized spacial score (nSPS) is 14.1. The number of nitrogens with zero attached hydrogens (tertiary/aromatic N) is 4. The largest absolute Gasteiger partial charge is 0.462 e. The fraction of sp³-hybridized carbons (Fsp3) is 0.400. The van der Waals surface area contributed by atoms with Gasteiger partial charge in [-0.2, -0.15) is 5.01 Å². The number of rotatable bonds is 5. The third-order valence-corrected chi connectivity index (χ3v) is 3.35. The van der Waals surface area contributed by atoms with Crippen molar-refractivity contribution in [2.45, 2.75) is 27.2 Å². The third-order valence-electron chi connectivity index (χ3n) is 3.35. The Balaban J connectivity index is 2.32. The molecule has 0 saturated heterocycles. The number of esters is 1. The van der Waals surface area contributed by atoms with Crippen LogP contribution in [0.25, 0.3) is 0 Å². The van der Waals surface area contributed by atoms with E-state index in [-0.39, 0.29) is 18.1 Å². The summed E-state index contributed by atoms with van der Waals surface area (Å²) in [4.78, 5) is 44.1. The van der Waals surface area contributed by atoms with Crippen molar-refractivity contribution in [3.8, 4) is 0 Å². The molecule has 8 nitrogen and oxygen atoms in total. The van der Waals surface area contributed by atoms with Gasteiger partial charge >= 0.3 is 5.97 Å². The molecule has 1 aromatic rings. The summed E-state index contributed by atoms with van der Waals surface area (Å²) >= 11 is 0. The van der Waals surface area contributed by atoms with E-state index in [1.165, 1.54) is 24.3 Å². The van der Waals surface area contributed by atoms with Crippen LogP contribution < -0.4 is 5.01 Å². The Labute approximate surface area is 133 Å². The number of anilines is 1. The van der Waals surface area contributed by atoms with E-state index in [0.717, 1.165) is 5.01 Å². The molecule has 0 radical (unpaired) electrons. The lowest BCUT2D eigenvalue weighted by atomic mass is 10.2. The van der Waals surface area contributed by atoms with Gasteiger partial charge in [0.2, 0.25) is 5.95 Å². The summed E-state index contributed by atoms with van der Waals surface area (Å²) in [5, 5.41) is 2.22. The van der Waals surface area contributed by atoms with Crippen molar-refractivity contribution >= 4 is 23.7 Å². The minimum absolute atomic E-state index is 0.152. The molecule has 0 unspecified atom stereocenters. The zero-order valence-electron chi connectivity index (χ0n) is 13.5. The molecule has 23 heavy (non-hydrogen) atoms. The molecular formula is C15H18N4O4. The Kier molecular flexibility index (Phi) is 4.73. The number of carbonyl (C=O) groups is 3. The standard InChI is InChI=1S/C15H18N4O4/c1-5-11-10(14(22)23-6-2)8-16-15(17-11)18(4)19-12(20)7-9(3)13(19)21/h7-8H,5-6H2,1-4H3. The molecule has 0 aromatic carbocycles. The van der Waals surface area contributed by atoms with Crippen LogP contribution in [0, 0.1) is 0 Å². The number of hydrogen-bond acceptors (Lipinski definition) is 7. The van der Waals surface area contributed by atoms with Crippen molar-refractivity contribution in [1.29, 1.82) is 0 Å². The van der Waals surface area contributed by atoms with Crippen LogP contribution in [0.15, 0.2) is 17.8 Å². The highest BCUT2D eigenvalue weighted by Gasteiger charge is 2.33. The molecule has 0 fully saturated rings. The van der Waals surface area contributed by atoms with Crippen LogP contribution in [0.3, 0.4) is 0 Å². The molecule has 0 atom stereocenters. The first-order valence-corrected chi connectivity index (χ1v) is 7.24. The predicted molar refractivity (Wildman–Crippen MR) is 81.4 cm³/mol. The molecule has 1 aromatic heterocycles. The average Bonchev–Trinajstić information content (AvgIpc) is 2.79. The van der Waals surface area contributed by atoms with Crippen molar-refractivity contribution in [3.05, 3.63) is 29.1 Å². The third kappa shape index (κ3) is 3.05. The smallest absolute Gasteiger partial charge is 0.341 e. The van der Waals surface area contributed by atoms with Gasteiger partial charge in [-0.3, -0.25) is 9.59 Å². The first-order chi connectivity index (χ1) is 10.9. The van der Waals surface area contributed by atoms with Gasteiger partial charge in [0, 0.05) is 24.9 Å². The maximum atomic E-state index is 12.0. The summed E-state index contributed by atoms with van der Waals surface area (Å²) < 4.78 is 4.96. The molecule has 0 spiro atoms. The summed E-state index contributed by atoms with van der Waals surface area (Å²) in [6.07, 6.45) is 3.09. The van der Waals surface area contributed by atoms with E-state index in [9.17, 15) is 14.4 Å². The van der Waals surface area contributed by atoms with E-state index in [4.69, 9.17) is 4.74 Å². The monoisotopic (exact) mass is 318 g/mol. The first-order valence-electron chi connectivity index (χ1n) is 7.24. The van der Waals surface area contributed by atoms with E-state index in [1.54, 1.807) is 13.8 Å². The van der Waals surface area contributed by atoms with Crippen molar-refractivity contribution in [2.75, 3.05) is 18.7 Å². The van der Waals surface area contributed by atoms with Crippen LogP contribution in [0.2, 0.25) is 0 Å². The van der Waals surface area contributed by atoms with Gasteiger partial charge in [-0.25, -0.2) is 19.8 Å². The second-order valence-corrected chi connectivity index (χ2v) is 4.91. The van der Waals surface area contributed by atoms with E-state index in [1.807, 2.05) is 6.92 Å².